The Bertz CT molecular complexity index is 748. The van der Waals surface area contributed by atoms with Crippen molar-refractivity contribution < 1.29 is 19.0 Å². The van der Waals surface area contributed by atoms with Gasteiger partial charge in [-0.15, -0.1) is 0 Å². The summed E-state index contributed by atoms with van der Waals surface area (Å²) in [5, 5.41) is 5.81. The molecule has 1 aliphatic heterocycles. The Morgan fingerprint density at radius 3 is 2.84 bits per heavy atom. The Kier molecular flexibility index (Phi) is 5.28. The van der Waals surface area contributed by atoms with Crippen LogP contribution in [0, 0.1) is 0 Å². The molecule has 2 aromatic carbocycles. The number of fused-ring (bicyclic) bond motifs is 1. The number of amides is 2. The molecular weight excluding hydrogens is 320 g/mol. The summed E-state index contributed by atoms with van der Waals surface area (Å²) in [7, 11) is 3.25. The largest absolute Gasteiger partial charge is 0.497 e. The molecule has 0 saturated heterocycles. The van der Waals surface area contributed by atoms with Crippen molar-refractivity contribution in [3.63, 3.8) is 0 Å². The smallest absolute Gasteiger partial charge is 0.315 e. The average molecular weight is 342 g/mol. The number of carbonyl (C=O) groups is 1. The van der Waals surface area contributed by atoms with Crippen LogP contribution >= 0.6 is 0 Å². The lowest BCUT2D eigenvalue weighted by Crippen LogP contribution is -2.47. The van der Waals surface area contributed by atoms with Gasteiger partial charge in [0.05, 0.1) is 20.3 Å². The summed E-state index contributed by atoms with van der Waals surface area (Å²) in [6, 6.07) is 13.0. The van der Waals surface area contributed by atoms with Gasteiger partial charge in [-0.3, -0.25) is 0 Å². The van der Waals surface area contributed by atoms with E-state index in [1.165, 1.54) is 0 Å². The van der Waals surface area contributed by atoms with Gasteiger partial charge in [-0.05, 0) is 36.2 Å². The van der Waals surface area contributed by atoms with Crippen LogP contribution in [-0.2, 0) is 13.0 Å². The first-order chi connectivity index (χ1) is 12.2. The zero-order valence-electron chi connectivity index (χ0n) is 14.4. The molecule has 0 saturated carbocycles. The minimum atomic E-state index is -0.231. The van der Waals surface area contributed by atoms with Gasteiger partial charge in [0.25, 0.3) is 0 Å². The molecule has 0 fully saturated rings. The molecule has 2 N–H and O–H groups in total. The molecule has 2 aromatic rings. The molecule has 6 heteroatoms. The molecule has 1 heterocycles. The fourth-order valence-electron chi connectivity index (χ4n) is 2.85. The number of hydrogen-bond donors (Lipinski definition) is 2. The van der Waals surface area contributed by atoms with Gasteiger partial charge in [-0.1, -0.05) is 18.2 Å². The number of urea groups is 1. The maximum Gasteiger partial charge on any atom is 0.315 e. The van der Waals surface area contributed by atoms with Gasteiger partial charge in [-0.2, -0.15) is 0 Å². The van der Waals surface area contributed by atoms with E-state index in [9.17, 15) is 4.79 Å². The van der Waals surface area contributed by atoms with E-state index in [1.54, 1.807) is 14.2 Å². The second kappa shape index (κ2) is 7.79. The predicted molar refractivity (Wildman–Crippen MR) is 94.3 cm³/mol. The van der Waals surface area contributed by atoms with Gasteiger partial charge in [0, 0.05) is 12.1 Å². The summed E-state index contributed by atoms with van der Waals surface area (Å²) in [6.07, 6.45) is 0.703. The highest BCUT2D eigenvalue weighted by atomic mass is 16.5. The quantitative estimate of drug-likeness (QED) is 0.876. The second-order valence-corrected chi connectivity index (χ2v) is 5.82. The Hall–Kier alpha value is -2.89. The number of rotatable bonds is 5. The highest BCUT2D eigenvalue weighted by Gasteiger charge is 2.22. The number of carbonyl (C=O) groups excluding carboxylic acids is 1. The molecule has 6 nitrogen and oxygen atoms in total. The van der Waals surface area contributed by atoms with Crippen molar-refractivity contribution >= 4 is 6.03 Å². The maximum atomic E-state index is 12.2. The van der Waals surface area contributed by atoms with Crippen LogP contribution in [0.1, 0.15) is 11.1 Å². The molecule has 0 bridgehead atoms. The lowest BCUT2D eigenvalue weighted by Gasteiger charge is -2.26. The van der Waals surface area contributed by atoms with E-state index in [4.69, 9.17) is 14.2 Å². The van der Waals surface area contributed by atoms with E-state index in [0.29, 0.717) is 19.6 Å². The molecule has 132 valence electrons. The minimum Gasteiger partial charge on any atom is -0.497 e. The number of para-hydroxylation sites is 1. The van der Waals surface area contributed by atoms with Gasteiger partial charge in [0.2, 0.25) is 0 Å². The van der Waals surface area contributed by atoms with Gasteiger partial charge >= 0.3 is 6.03 Å². The van der Waals surface area contributed by atoms with Crippen LogP contribution in [0.2, 0.25) is 0 Å². The van der Waals surface area contributed by atoms with Crippen LogP contribution in [-0.4, -0.2) is 32.9 Å². The maximum absolute atomic E-state index is 12.2. The number of methoxy groups -OCH3 is 2. The molecule has 0 radical (unpaired) electrons. The Labute approximate surface area is 147 Å². The number of ether oxygens (including phenoxy) is 3. The van der Waals surface area contributed by atoms with Gasteiger partial charge in [-0.25, -0.2) is 4.79 Å². The van der Waals surface area contributed by atoms with E-state index in [0.717, 1.165) is 28.4 Å². The van der Waals surface area contributed by atoms with E-state index in [2.05, 4.69) is 10.6 Å². The summed E-state index contributed by atoms with van der Waals surface area (Å²) in [5.41, 5.74) is 1.95. The first-order valence-corrected chi connectivity index (χ1v) is 8.15. The highest BCUT2D eigenvalue weighted by Crippen LogP contribution is 2.28. The van der Waals surface area contributed by atoms with E-state index >= 15 is 0 Å². The Morgan fingerprint density at radius 1 is 1.20 bits per heavy atom. The van der Waals surface area contributed by atoms with Crippen LogP contribution in [0.25, 0.3) is 0 Å². The molecule has 1 atom stereocenters. The first kappa shape index (κ1) is 17.0. The van der Waals surface area contributed by atoms with Crippen LogP contribution in [0.3, 0.4) is 0 Å². The van der Waals surface area contributed by atoms with Crippen LogP contribution in [0.5, 0.6) is 17.2 Å². The molecule has 2 amide bonds. The van der Waals surface area contributed by atoms with Crippen LogP contribution in [0.4, 0.5) is 4.79 Å². The highest BCUT2D eigenvalue weighted by molar-refractivity contribution is 5.74. The Morgan fingerprint density at radius 2 is 2.04 bits per heavy atom. The van der Waals surface area contributed by atoms with Crippen molar-refractivity contribution in [2.45, 2.75) is 19.0 Å². The third-order valence-corrected chi connectivity index (χ3v) is 4.14. The molecule has 0 aromatic heterocycles. The zero-order valence-corrected chi connectivity index (χ0v) is 14.4. The number of benzene rings is 2. The lowest BCUT2D eigenvalue weighted by molar-refractivity contribution is 0.214. The molecule has 0 spiro atoms. The van der Waals surface area contributed by atoms with E-state index in [1.807, 2.05) is 42.5 Å². The fraction of sp³-hybridized carbons (Fsp3) is 0.316. The molecule has 3 rings (SSSR count). The third kappa shape index (κ3) is 4.15. The van der Waals surface area contributed by atoms with Gasteiger partial charge < -0.3 is 24.8 Å². The van der Waals surface area contributed by atoms with Crippen molar-refractivity contribution in [3.05, 3.63) is 53.6 Å². The predicted octanol–water partition coefficient (Wildman–Crippen LogP) is 2.51. The van der Waals surface area contributed by atoms with Gasteiger partial charge in [0.15, 0.2) is 0 Å². The summed E-state index contributed by atoms with van der Waals surface area (Å²) in [5.74, 6) is 2.38. The molecule has 1 aliphatic rings. The van der Waals surface area contributed by atoms with Crippen molar-refractivity contribution in [2.75, 3.05) is 20.8 Å². The monoisotopic (exact) mass is 342 g/mol. The van der Waals surface area contributed by atoms with Crippen molar-refractivity contribution in [1.82, 2.24) is 10.6 Å². The fourth-order valence-corrected chi connectivity index (χ4v) is 2.85. The lowest BCUT2D eigenvalue weighted by atomic mass is 10.0. The normalized spacial score (nSPS) is 15.5. The zero-order chi connectivity index (χ0) is 17.6. The number of nitrogens with one attached hydrogen (secondary N) is 2. The molecule has 0 aliphatic carbocycles. The average Bonchev–Trinajstić information content (AvgIpc) is 2.66. The molecule has 0 unspecified atom stereocenters. The summed E-state index contributed by atoms with van der Waals surface area (Å²) in [4.78, 5) is 12.2. The SMILES string of the molecule is COc1ccc2c(c1)C[C@H](NC(=O)NCc1ccccc1OC)CO2. The standard InChI is InChI=1S/C19H22N2O4/c1-23-16-7-8-18-14(10-16)9-15(12-25-18)21-19(22)20-11-13-5-3-4-6-17(13)24-2/h3-8,10,15H,9,11-12H2,1-2H3,(H2,20,21,22)/t15-/m0/s1. The molecular formula is C19H22N2O4. The third-order valence-electron chi connectivity index (χ3n) is 4.14. The first-order valence-electron chi connectivity index (χ1n) is 8.15. The Balaban J connectivity index is 1.55. The van der Waals surface area contributed by atoms with Crippen molar-refractivity contribution in [3.8, 4) is 17.2 Å². The van der Waals surface area contributed by atoms with Crippen molar-refractivity contribution in [1.29, 1.82) is 0 Å². The topological polar surface area (TPSA) is 68.8 Å². The summed E-state index contributed by atoms with van der Waals surface area (Å²) in [6.45, 7) is 0.843. The second-order valence-electron chi connectivity index (χ2n) is 5.82. The minimum absolute atomic E-state index is 0.0859. The van der Waals surface area contributed by atoms with E-state index in [-0.39, 0.29) is 12.1 Å². The van der Waals surface area contributed by atoms with Crippen LogP contribution < -0.4 is 24.8 Å². The molecule has 25 heavy (non-hydrogen) atoms. The number of hydrogen-bond acceptors (Lipinski definition) is 4. The van der Waals surface area contributed by atoms with E-state index < -0.39 is 0 Å². The van der Waals surface area contributed by atoms with Crippen molar-refractivity contribution in [2.24, 2.45) is 0 Å². The van der Waals surface area contributed by atoms with Crippen LogP contribution in [0.15, 0.2) is 42.5 Å². The van der Waals surface area contributed by atoms with Gasteiger partial charge in [0.1, 0.15) is 23.9 Å². The summed E-state index contributed by atoms with van der Waals surface area (Å²) >= 11 is 0. The summed E-state index contributed by atoms with van der Waals surface area (Å²) < 4.78 is 16.2.